The molecule has 4 nitrogen and oxygen atoms in total. The normalized spacial score (nSPS) is 21.8. The Hall–Kier alpha value is -1.91. The van der Waals surface area contributed by atoms with Crippen LogP contribution in [-0.4, -0.2) is 34.5 Å². The topological polar surface area (TPSA) is 70.1 Å². The molecular formula is C22H32O4. The van der Waals surface area contributed by atoms with E-state index < -0.39 is 12.1 Å². The zero-order chi connectivity index (χ0) is 19.0. The van der Waals surface area contributed by atoms with Gasteiger partial charge in [0.25, 0.3) is 0 Å². The standard InChI is InChI=1S/C22H32O4/c1-2-20-21(26-20)17-14-13-16-19(23)15-11-9-7-5-3-4-6-8-10-12-18-22(24)25/h3-4,7-11,13-15,19-21,23H,2,5-6,12,16-18H2,1H3,(H,24,25). The molecule has 0 radical (unpaired) electrons. The molecule has 26 heavy (non-hydrogen) atoms. The van der Waals surface area contributed by atoms with Gasteiger partial charge in [-0.2, -0.15) is 0 Å². The number of carboxylic acid groups (broad SMARTS) is 1. The summed E-state index contributed by atoms with van der Waals surface area (Å²) in [6.45, 7) is 2.13. The van der Waals surface area contributed by atoms with Gasteiger partial charge in [0.1, 0.15) is 0 Å². The smallest absolute Gasteiger partial charge is 0.303 e. The minimum absolute atomic E-state index is 0.186. The van der Waals surface area contributed by atoms with Crippen molar-refractivity contribution < 1.29 is 19.7 Å². The minimum atomic E-state index is -0.762. The van der Waals surface area contributed by atoms with E-state index in [4.69, 9.17) is 9.84 Å². The molecule has 2 N–H and O–H groups in total. The fourth-order valence-corrected chi connectivity index (χ4v) is 2.41. The molecule has 3 atom stereocenters. The maximum atomic E-state index is 10.3. The van der Waals surface area contributed by atoms with E-state index in [1.54, 1.807) is 6.08 Å². The molecule has 144 valence electrons. The molecule has 1 aliphatic rings. The lowest BCUT2D eigenvalue weighted by atomic mass is 10.1. The Balaban J connectivity index is 2.01. The van der Waals surface area contributed by atoms with Crippen molar-refractivity contribution in [3.8, 4) is 0 Å². The van der Waals surface area contributed by atoms with E-state index in [0.717, 1.165) is 25.7 Å². The lowest BCUT2D eigenvalue weighted by Gasteiger charge is -1.98. The van der Waals surface area contributed by atoms with Crippen LogP contribution in [0.3, 0.4) is 0 Å². The predicted octanol–water partition coefficient (Wildman–Crippen LogP) is 4.73. The Morgan fingerprint density at radius 1 is 1.00 bits per heavy atom. The van der Waals surface area contributed by atoms with Crippen LogP contribution < -0.4 is 0 Å². The predicted molar refractivity (Wildman–Crippen MR) is 106 cm³/mol. The molecule has 4 heteroatoms. The van der Waals surface area contributed by atoms with Gasteiger partial charge < -0.3 is 14.9 Å². The van der Waals surface area contributed by atoms with Gasteiger partial charge in [-0.3, -0.25) is 4.79 Å². The largest absolute Gasteiger partial charge is 0.481 e. The average Bonchev–Trinajstić information content (AvgIpc) is 3.38. The number of aliphatic hydroxyl groups excluding tert-OH is 1. The Morgan fingerprint density at radius 2 is 1.73 bits per heavy atom. The first-order valence-electron chi connectivity index (χ1n) is 9.47. The van der Waals surface area contributed by atoms with Crippen molar-refractivity contribution in [2.75, 3.05) is 0 Å². The molecule has 1 saturated heterocycles. The number of epoxide rings is 1. The van der Waals surface area contributed by atoms with Crippen LogP contribution in [0.4, 0.5) is 0 Å². The SMILES string of the molecule is CCC1OC1CC=CCC(O)C=CC=CCC=CCC=CCCC(=O)O. The second-order valence-corrected chi connectivity index (χ2v) is 6.29. The molecule has 0 bridgehead atoms. The summed E-state index contributed by atoms with van der Waals surface area (Å²) < 4.78 is 5.46. The van der Waals surface area contributed by atoms with Gasteiger partial charge in [-0.05, 0) is 38.5 Å². The van der Waals surface area contributed by atoms with Gasteiger partial charge in [0, 0.05) is 6.42 Å². The number of carbonyl (C=O) groups is 1. The van der Waals surface area contributed by atoms with E-state index in [2.05, 4.69) is 25.2 Å². The van der Waals surface area contributed by atoms with Gasteiger partial charge in [-0.15, -0.1) is 0 Å². The fourth-order valence-electron chi connectivity index (χ4n) is 2.41. The molecule has 1 rings (SSSR count). The van der Waals surface area contributed by atoms with Crippen molar-refractivity contribution in [1.29, 1.82) is 0 Å². The maximum Gasteiger partial charge on any atom is 0.303 e. The molecule has 0 saturated carbocycles. The van der Waals surface area contributed by atoms with Crippen LogP contribution in [0.1, 0.15) is 51.9 Å². The van der Waals surface area contributed by atoms with Crippen molar-refractivity contribution in [3.05, 3.63) is 60.8 Å². The van der Waals surface area contributed by atoms with Crippen LogP contribution in [0.15, 0.2) is 60.8 Å². The molecule has 1 heterocycles. The number of carboxylic acids is 1. The summed E-state index contributed by atoms with van der Waals surface area (Å²) in [5.74, 6) is -0.762. The van der Waals surface area contributed by atoms with Gasteiger partial charge in [0.05, 0.1) is 18.3 Å². The van der Waals surface area contributed by atoms with Crippen LogP contribution in [0.5, 0.6) is 0 Å². The first-order valence-corrected chi connectivity index (χ1v) is 9.47. The summed E-state index contributed by atoms with van der Waals surface area (Å²) >= 11 is 0. The summed E-state index contributed by atoms with van der Waals surface area (Å²) in [5.41, 5.74) is 0. The lowest BCUT2D eigenvalue weighted by molar-refractivity contribution is -0.136. The zero-order valence-electron chi connectivity index (χ0n) is 15.7. The highest BCUT2D eigenvalue weighted by atomic mass is 16.6. The third-order valence-electron chi connectivity index (χ3n) is 3.99. The number of ether oxygens (including phenoxy) is 1. The molecular weight excluding hydrogens is 328 g/mol. The molecule has 3 unspecified atom stereocenters. The highest BCUT2D eigenvalue weighted by Gasteiger charge is 2.35. The summed E-state index contributed by atoms with van der Waals surface area (Å²) in [6, 6.07) is 0. The van der Waals surface area contributed by atoms with E-state index in [1.165, 1.54) is 0 Å². The van der Waals surface area contributed by atoms with E-state index in [1.807, 2.05) is 36.5 Å². The highest BCUT2D eigenvalue weighted by Crippen LogP contribution is 2.28. The number of hydrogen-bond donors (Lipinski definition) is 2. The second-order valence-electron chi connectivity index (χ2n) is 6.29. The van der Waals surface area contributed by atoms with Crippen molar-refractivity contribution in [3.63, 3.8) is 0 Å². The maximum absolute atomic E-state index is 10.3. The van der Waals surface area contributed by atoms with Crippen molar-refractivity contribution >= 4 is 5.97 Å². The number of hydrogen-bond acceptors (Lipinski definition) is 3. The molecule has 0 amide bonds. The Morgan fingerprint density at radius 3 is 2.42 bits per heavy atom. The number of aliphatic carboxylic acids is 1. The van der Waals surface area contributed by atoms with Gasteiger partial charge >= 0.3 is 5.97 Å². The number of aliphatic hydroxyl groups is 1. The summed E-state index contributed by atoms with van der Waals surface area (Å²) in [6.07, 6.45) is 25.2. The molecule has 1 fully saturated rings. The Kier molecular flexibility index (Phi) is 12.2. The minimum Gasteiger partial charge on any atom is -0.481 e. The summed E-state index contributed by atoms with van der Waals surface area (Å²) in [5, 5.41) is 18.3. The molecule has 0 aromatic carbocycles. The lowest BCUT2D eigenvalue weighted by Crippen LogP contribution is -1.99. The van der Waals surface area contributed by atoms with Gasteiger partial charge in [-0.25, -0.2) is 0 Å². The monoisotopic (exact) mass is 360 g/mol. The zero-order valence-corrected chi connectivity index (χ0v) is 15.7. The van der Waals surface area contributed by atoms with Crippen LogP contribution in [0, 0.1) is 0 Å². The third-order valence-corrected chi connectivity index (χ3v) is 3.99. The Bertz CT molecular complexity index is 528. The first-order chi connectivity index (χ1) is 12.6. The van der Waals surface area contributed by atoms with E-state index in [9.17, 15) is 9.90 Å². The molecule has 0 spiro atoms. The van der Waals surface area contributed by atoms with Crippen molar-refractivity contribution in [1.82, 2.24) is 0 Å². The van der Waals surface area contributed by atoms with Crippen LogP contribution in [0.25, 0.3) is 0 Å². The molecule has 1 aliphatic heterocycles. The van der Waals surface area contributed by atoms with Gasteiger partial charge in [0.2, 0.25) is 0 Å². The molecule has 0 aromatic rings. The molecule has 0 aromatic heterocycles. The van der Waals surface area contributed by atoms with Gasteiger partial charge in [0.15, 0.2) is 0 Å². The first kappa shape index (κ1) is 22.1. The third kappa shape index (κ3) is 12.5. The summed E-state index contributed by atoms with van der Waals surface area (Å²) in [4.78, 5) is 10.3. The number of allylic oxidation sites excluding steroid dienone is 7. The quantitative estimate of drug-likeness (QED) is 0.267. The van der Waals surface area contributed by atoms with Gasteiger partial charge in [-0.1, -0.05) is 67.7 Å². The fraction of sp³-hybridized carbons (Fsp3) is 0.500. The van der Waals surface area contributed by atoms with Crippen molar-refractivity contribution in [2.45, 2.75) is 70.2 Å². The van der Waals surface area contributed by atoms with Crippen LogP contribution in [-0.2, 0) is 9.53 Å². The van der Waals surface area contributed by atoms with E-state index in [0.29, 0.717) is 25.0 Å². The highest BCUT2D eigenvalue weighted by molar-refractivity contribution is 5.66. The number of rotatable bonds is 14. The second kappa shape index (κ2) is 14.3. The van der Waals surface area contributed by atoms with Crippen LogP contribution >= 0.6 is 0 Å². The van der Waals surface area contributed by atoms with Crippen molar-refractivity contribution in [2.24, 2.45) is 0 Å². The average molecular weight is 360 g/mol. The van der Waals surface area contributed by atoms with E-state index in [-0.39, 0.29) is 6.42 Å². The van der Waals surface area contributed by atoms with E-state index >= 15 is 0 Å². The molecule has 0 aliphatic carbocycles. The Labute approximate surface area is 157 Å². The summed E-state index contributed by atoms with van der Waals surface area (Å²) in [7, 11) is 0. The van der Waals surface area contributed by atoms with Crippen LogP contribution in [0.2, 0.25) is 0 Å².